The second-order valence-electron chi connectivity index (χ2n) is 4.64. The molecule has 0 saturated carbocycles. The van der Waals surface area contributed by atoms with Crippen molar-refractivity contribution in [3.63, 3.8) is 0 Å². The highest BCUT2D eigenvalue weighted by Gasteiger charge is 2.14. The molecule has 1 unspecified atom stereocenters. The molecule has 17 heavy (non-hydrogen) atoms. The molecule has 3 heterocycles. The number of thiophene rings is 1. The Hall–Kier alpha value is -1.13. The summed E-state index contributed by atoms with van der Waals surface area (Å²) in [5, 5.41) is 10.0. The van der Waals surface area contributed by atoms with Crippen LogP contribution in [0.1, 0.15) is 12.8 Å². The van der Waals surface area contributed by atoms with Gasteiger partial charge < -0.3 is 5.32 Å². The topological polar surface area (TPSA) is 29.9 Å². The van der Waals surface area contributed by atoms with E-state index in [1.807, 2.05) is 6.20 Å². The van der Waals surface area contributed by atoms with Gasteiger partial charge in [-0.15, -0.1) is 11.3 Å². The van der Waals surface area contributed by atoms with Gasteiger partial charge in [0.05, 0.1) is 6.20 Å². The smallest absolute Gasteiger partial charge is 0.0576 e. The van der Waals surface area contributed by atoms with Gasteiger partial charge in [-0.25, -0.2) is 0 Å². The second kappa shape index (κ2) is 5.02. The Balaban J connectivity index is 1.68. The molecule has 3 rings (SSSR count). The SMILES string of the molecule is c1csc(-c2cnn(CC3CCCNC3)c2)c1. The third-order valence-electron chi connectivity index (χ3n) is 3.28. The lowest BCUT2D eigenvalue weighted by molar-refractivity contribution is 0.325. The fraction of sp³-hybridized carbons (Fsp3) is 0.462. The zero-order valence-corrected chi connectivity index (χ0v) is 10.6. The summed E-state index contributed by atoms with van der Waals surface area (Å²) in [6.45, 7) is 3.35. The van der Waals surface area contributed by atoms with Crippen molar-refractivity contribution in [2.24, 2.45) is 5.92 Å². The van der Waals surface area contributed by atoms with Crippen molar-refractivity contribution in [1.29, 1.82) is 0 Å². The van der Waals surface area contributed by atoms with E-state index in [0.717, 1.165) is 19.0 Å². The minimum absolute atomic E-state index is 0.736. The van der Waals surface area contributed by atoms with E-state index in [4.69, 9.17) is 0 Å². The predicted molar refractivity (Wildman–Crippen MR) is 71.1 cm³/mol. The average Bonchev–Trinajstić information content (AvgIpc) is 3.00. The molecule has 0 radical (unpaired) electrons. The van der Waals surface area contributed by atoms with Gasteiger partial charge in [0.1, 0.15) is 0 Å². The third-order valence-corrected chi connectivity index (χ3v) is 4.20. The molecule has 0 aliphatic carbocycles. The van der Waals surface area contributed by atoms with Gasteiger partial charge in [-0.2, -0.15) is 5.10 Å². The zero-order valence-electron chi connectivity index (χ0n) is 9.80. The first-order chi connectivity index (χ1) is 8.42. The van der Waals surface area contributed by atoms with E-state index in [1.165, 1.54) is 29.8 Å². The van der Waals surface area contributed by atoms with Gasteiger partial charge in [0, 0.05) is 23.2 Å². The van der Waals surface area contributed by atoms with Crippen LogP contribution in [0.3, 0.4) is 0 Å². The summed E-state index contributed by atoms with van der Waals surface area (Å²) >= 11 is 1.77. The highest BCUT2D eigenvalue weighted by atomic mass is 32.1. The van der Waals surface area contributed by atoms with Crippen LogP contribution in [0, 0.1) is 5.92 Å². The molecule has 1 aliphatic rings. The lowest BCUT2D eigenvalue weighted by atomic mass is 10.00. The predicted octanol–water partition coefficient (Wildman–Crippen LogP) is 2.61. The minimum Gasteiger partial charge on any atom is -0.316 e. The molecule has 0 spiro atoms. The lowest BCUT2D eigenvalue weighted by Crippen LogP contribution is -2.32. The van der Waals surface area contributed by atoms with Crippen molar-refractivity contribution in [2.45, 2.75) is 19.4 Å². The fourth-order valence-electron chi connectivity index (χ4n) is 2.38. The molecular weight excluding hydrogens is 230 g/mol. The fourth-order valence-corrected chi connectivity index (χ4v) is 3.08. The van der Waals surface area contributed by atoms with Crippen molar-refractivity contribution in [1.82, 2.24) is 15.1 Å². The molecule has 0 aromatic carbocycles. The van der Waals surface area contributed by atoms with Crippen molar-refractivity contribution in [2.75, 3.05) is 13.1 Å². The summed E-state index contributed by atoms with van der Waals surface area (Å²) in [5.41, 5.74) is 1.24. The van der Waals surface area contributed by atoms with E-state index in [1.54, 1.807) is 11.3 Å². The molecule has 2 aromatic heterocycles. The first kappa shape index (κ1) is 11.0. The summed E-state index contributed by atoms with van der Waals surface area (Å²) in [7, 11) is 0. The number of piperidine rings is 1. The van der Waals surface area contributed by atoms with Crippen molar-refractivity contribution >= 4 is 11.3 Å². The molecule has 4 heteroatoms. The molecular formula is C13H17N3S. The van der Waals surface area contributed by atoms with E-state index in [2.05, 4.69) is 38.8 Å². The van der Waals surface area contributed by atoms with Crippen LogP contribution in [-0.2, 0) is 6.54 Å². The normalized spacial score (nSPS) is 20.6. The molecule has 0 amide bonds. The Bertz CT molecular complexity index is 455. The molecule has 1 saturated heterocycles. The molecule has 1 atom stereocenters. The zero-order chi connectivity index (χ0) is 11.5. The van der Waals surface area contributed by atoms with E-state index in [0.29, 0.717) is 0 Å². The molecule has 1 fully saturated rings. The Morgan fingerprint density at radius 3 is 3.29 bits per heavy atom. The van der Waals surface area contributed by atoms with E-state index < -0.39 is 0 Å². The number of rotatable bonds is 3. The van der Waals surface area contributed by atoms with Crippen LogP contribution in [0.25, 0.3) is 10.4 Å². The first-order valence-electron chi connectivity index (χ1n) is 6.19. The monoisotopic (exact) mass is 247 g/mol. The van der Waals surface area contributed by atoms with Crippen LogP contribution >= 0.6 is 11.3 Å². The number of hydrogen-bond donors (Lipinski definition) is 1. The standard InChI is InChI=1S/C13H17N3S/c1-3-11(7-14-5-1)9-16-10-12(8-15-16)13-4-2-6-17-13/h2,4,6,8,10-11,14H,1,3,5,7,9H2. The maximum atomic E-state index is 4.46. The summed E-state index contributed by atoms with van der Waals surface area (Å²) in [4.78, 5) is 1.30. The molecule has 0 bridgehead atoms. The number of aromatic nitrogens is 2. The van der Waals surface area contributed by atoms with Crippen LogP contribution in [0.4, 0.5) is 0 Å². The lowest BCUT2D eigenvalue weighted by Gasteiger charge is -2.22. The Kier molecular flexibility index (Phi) is 3.25. The molecule has 1 N–H and O–H groups in total. The van der Waals surface area contributed by atoms with Gasteiger partial charge in [0.25, 0.3) is 0 Å². The summed E-state index contributed by atoms with van der Waals surface area (Å²) in [5.74, 6) is 0.736. The van der Waals surface area contributed by atoms with Gasteiger partial charge in [-0.1, -0.05) is 6.07 Å². The van der Waals surface area contributed by atoms with Crippen LogP contribution in [-0.4, -0.2) is 22.9 Å². The molecule has 1 aliphatic heterocycles. The van der Waals surface area contributed by atoms with E-state index in [9.17, 15) is 0 Å². The Labute approximate surface area is 105 Å². The molecule has 90 valence electrons. The number of nitrogens with one attached hydrogen (secondary N) is 1. The van der Waals surface area contributed by atoms with E-state index >= 15 is 0 Å². The summed E-state index contributed by atoms with van der Waals surface area (Å²) in [6.07, 6.45) is 6.76. The van der Waals surface area contributed by atoms with Gasteiger partial charge in [0.2, 0.25) is 0 Å². The van der Waals surface area contributed by atoms with Gasteiger partial charge >= 0.3 is 0 Å². The summed E-state index contributed by atoms with van der Waals surface area (Å²) < 4.78 is 2.09. The van der Waals surface area contributed by atoms with Crippen molar-refractivity contribution in [3.05, 3.63) is 29.9 Å². The highest BCUT2D eigenvalue weighted by Crippen LogP contribution is 2.24. The van der Waals surface area contributed by atoms with Gasteiger partial charge in [-0.3, -0.25) is 4.68 Å². The minimum atomic E-state index is 0.736. The van der Waals surface area contributed by atoms with Gasteiger partial charge in [-0.05, 0) is 43.3 Å². The number of nitrogens with zero attached hydrogens (tertiary/aromatic N) is 2. The highest BCUT2D eigenvalue weighted by molar-refractivity contribution is 7.13. The first-order valence-corrected chi connectivity index (χ1v) is 7.07. The quantitative estimate of drug-likeness (QED) is 0.903. The van der Waals surface area contributed by atoms with Gasteiger partial charge in [0.15, 0.2) is 0 Å². The second-order valence-corrected chi connectivity index (χ2v) is 5.59. The van der Waals surface area contributed by atoms with Crippen LogP contribution in [0.5, 0.6) is 0 Å². The van der Waals surface area contributed by atoms with Crippen molar-refractivity contribution in [3.8, 4) is 10.4 Å². The maximum absolute atomic E-state index is 4.46. The Morgan fingerprint density at radius 1 is 1.53 bits per heavy atom. The van der Waals surface area contributed by atoms with Crippen LogP contribution in [0.2, 0.25) is 0 Å². The van der Waals surface area contributed by atoms with Crippen LogP contribution in [0.15, 0.2) is 29.9 Å². The molecule has 2 aromatic rings. The largest absolute Gasteiger partial charge is 0.316 e. The average molecular weight is 247 g/mol. The third kappa shape index (κ3) is 2.58. The van der Waals surface area contributed by atoms with Crippen molar-refractivity contribution < 1.29 is 0 Å². The summed E-state index contributed by atoms with van der Waals surface area (Å²) in [6, 6.07) is 4.23. The van der Waals surface area contributed by atoms with Crippen LogP contribution < -0.4 is 5.32 Å². The molecule has 3 nitrogen and oxygen atoms in total. The number of hydrogen-bond acceptors (Lipinski definition) is 3. The Morgan fingerprint density at radius 2 is 2.53 bits per heavy atom. The van der Waals surface area contributed by atoms with E-state index in [-0.39, 0.29) is 0 Å². The maximum Gasteiger partial charge on any atom is 0.0576 e.